The van der Waals surface area contributed by atoms with Crippen molar-refractivity contribution in [3.8, 4) is 11.5 Å². The Labute approximate surface area is 250 Å². The molecule has 0 aromatic heterocycles. The summed E-state index contributed by atoms with van der Waals surface area (Å²) < 4.78 is 142. The molecule has 0 saturated carbocycles. The van der Waals surface area contributed by atoms with E-state index >= 15 is 0 Å². The number of halogens is 10. The summed E-state index contributed by atoms with van der Waals surface area (Å²) >= 11 is 0. The molecule has 0 amide bonds. The van der Waals surface area contributed by atoms with Crippen LogP contribution in [0.25, 0.3) is 0 Å². The van der Waals surface area contributed by atoms with Gasteiger partial charge in [-0.25, -0.2) is 4.39 Å². The maximum Gasteiger partial charge on any atom is 0.573 e. The van der Waals surface area contributed by atoms with Gasteiger partial charge in [0, 0.05) is 23.9 Å². The van der Waals surface area contributed by atoms with Gasteiger partial charge in [-0.2, -0.15) is 26.3 Å². The second-order valence-electron chi connectivity index (χ2n) is 9.73. The summed E-state index contributed by atoms with van der Waals surface area (Å²) in [6.07, 6.45) is -14.4. The smallest absolute Gasteiger partial charge is 0.489 e. The lowest BCUT2D eigenvalue weighted by atomic mass is 10.0. The molecule has 0 spiro atoms. The Morgan fingerprint density at radius 3 is 1.93 bits per heavy atom. The van der Waals surface area contributed by atoms with Crippen LogP contribution >= 0.6 is 0 Å². The monoisotopic (exact) mass is 647 g/mol. The lowest BCUT2D eigenvalue weighted by Crippen LogP contribution is -2.31. The van der Waals surface area contributed by atoms with Crippen LogP contribution < -0.4 is 14.4 Å². The van der Waals surface area contributed by atoms with Crippen molar-refractivity contribution in [3.63, 3.8) is 0 Å². The average molecular weight is 648 g/mol. The van der Waals surface area contributed by atoms with E-state index in [-0.39, 0.29) is 23.6 Å². The molecule has 0 aliphatic carbocycles. The van der Waals surface area contributed by atoms with Crippen LogP contribution in [0.1, 0.15) is 33.9 Å². The molecule has 0 aliphatic rings. The zero-order chi connectivity index (χ0) is 33.0. The Morgan fingerprint density at radius 1 is 0.689 bits per heavy atom. The van der Waals surface area contributed by atoms with E-state index in [0.29, 0.717) is 23.8 Å². The van der Waals surface area contributed by atoms with Crippen LogP contribution in [0.15, 0.2) is 91.0 Å². The number of aliphatic hydroxyl groups excluding tert-OH is 1. The molecule has 1 atom stereocenters. The number of rotatable bonds is 10. The molecule has 0 fully saturated rings. The van der Waals surface area contributed by atoms with E-state index in [4.69, 9.17) is 4.74 Å². The summed E-state index contributed by atoms with van der Waals surface area (Å²) in [6.45, 7) is -1.52. The topological polar surface area (TPSA) is 41.9 Å². The molecular formula is C31H23F10NO3. The maximum absolute atomic E-state index is 14.8. The van der Waals surface area contributed by atoms with Crippen molar-refractivity contribution in [3.05, 3.63) is 125 Å². The highest BCUT2D eigenvalue weighted by Gasteiger charge is 2.33. The quantitative estimate of drug-likeness (QED) is 0.175. The van der Waals surface area contributed by atoms with Crippen molar-refractivity contribution >= 4 is 5.69 Å². The third-order valence-corrected chi connectivity index (χ3v) is 6.57. The van der Waals surface area contributed by atoms with E-state index in [2.05, 4.69) is 4.74 Å². The number of ether oxygens (including phenoxy) is 2. The zero-order valence-electron chi connectivity index (χ0n) is 22.8. The van der Waals surface area contributed by atoms with Crippen LogP contribution in [0.3, 0.4) is 0 Å². The van der Waals surface area contributed by atoms with Crippen molar-refractivity contribution < 1.29 is 58.5 Å². The molecule has 240 valence electrons. The number of aliphatic hydroxyl groups is 1. The second kappa shape index (κ2) is 13.3. The summed E-state index contributed by atoms with van der Waals surface area (Å²) in [5.41, 5.74) is -1.91. The van der Waals surface area contributed by atoms with Crippen molar-refractivity contribution in [1.82, 2.24) is 0 Å². The predicted octanol–water partition coefficient (Wildman–Crippen LogP) is 9.08. The van der Waals surface area contributed by atoms with Gasteiger partial charge in [-0.15, -0.1) is 13.2 Å². The molecule has 4 aromatic rings. The van der Waals surface area contributed by atoms with Crippen LogP contribution in [-0.4, -0.2) is 18.1 Å². The molecule has 1 N–H and O–H groups in total. The van der Waals surface area contributed by atoms with E-state index in [9.17, 15) is 49.0 Å². The number of hydrogen-bond donors (Lipinski definition) is 1. The SMILES string of the molecule is OCC(c1ccc(C(F)(F)F)cc1)N(Cc1cc(C(F)(F)F)ccc1F)c1cccc(OCc2cccc(OC(F)(F)F)c2)c1. The summed E-state index contributed by atoms with van der Waals surface area (Å²) in [4.78, 5) is 1.30. The summed E-state index contributed by atoms with van der Waals surface area (Å²) in [7, 11) is 0. The lowest BCUT2D eigenvalue weighted by molar-refractivity contribution is -0.274. The van der Waals surface area contributed by atoms with Gasteiger partial charge in [0.2, 0.25) is 0 Å². The van der Waals surface area contributed by atoms with E-state index < -0.39 is 66.2 Å². The largest absolute Gasteiger partial charge is 0.573 e. The maximum atomic E-state index is 14.8. The second-order valence-corrected chi connectivity index (χ2v) is 9.73. The normalized spacial score (nSPS) is 13.0. The molecule has 4 aromatic carbocycles. The van der Waals surface area contributed by atoms with Gasteiger partial charge in [-0.05, 0) is 65.7 Å². The third kappa shape index (κ3) is 9.03. The van der Waals surface area contributed by atoms with Crippen LogP contribution in [0.4, 0.5) is 49.6 Å². The fourth-order valence-corrected chi connectivity index (χ4v) is 4.47. The van der Waals surface area contributed by atoms with Crippen molar-refractivity contribution in [2.45, 2.75) is 37.9 Å². The van der Waals surface area contributed by atoms with Gasteiger partial charge in [0.25, 0.3) is 0 Å². The first-order valence-electron chi connectivity index (χ1n) is 13.0. The van der Waals surface area contributed by atoms with Crippen LogP contribution in [0.5, 0.6) is 11.5 Å². The van der Waals surface area contributed by atoms with Gasteiger partial charge in [0.15, 0.2) is 0 Å². The minimum Gasteiger partial charge on any atom is -0.489 e. The van der Waals surface area contributed by atoms with Gasteiger partial charge in [-0.1, -0.05) is 30.3 Å². The van der Waals surface area contributed by atoms with Gasteiger partial charge in [-0.3, -0.25) is 0 Å². The molecule has 0 saturated heterocycles. The summed E-state index contributed by atoms with van der Waals surface area (Å²) in [5, 5.41) is 10.3. The van der Waals surface area contributed by atoms with Crippen molar-refractivity contribution in [2.75, 3.05) is 11.5 Å². The number of hydrogen-bond acceptors (Lipinski definition) is 4. The average Bonchev–Trinajstić information content (AvgIpc) is 2.95. The molecule has 0 aliphatic heterocycles. The van der Waals surface area contributed by atoms with Crippen LogP contribution in [0.2, 0.25) is 0 Å². The fraction of sp³-hybridized carbons (Fsp3) is 0.226. The Morgan fingerprint density at radius 2 is 1.31 bits per heavy atom. The highest BCUT2D eigenvalue weighted by molar-refractivity contribution is 5.54. The molecule has 0 heterocycles. The van der Waals surface area contributed by atoms with Gasteiger partial charge >= 0.3 is 18.7 Å². The van der Waals surface area contributed by atoms with Gasteiger partial charge in [0.05, 0.1) is 23.8 Å². The van der Waals surface area contributed by atoms with E-state index in [0.717, 1.165) is 36.4 Å². The first-order chi connectivity index (χ1) is 21.0. The number of nitrogens with zero attached hydrogens (tertiary/aromatic N) is 1. The Balaban J connectivity index is 1.69. The molecule has 4 nitrogen and oxygen atoms in total. The molecule has 4 rings (SSSR count). The highest BCUT2D eigenvalue weighted by Crippen LogP contribution is 2.36. The van der Waals surface area contributed by atoms with Crippen LogP contribution in [-0.2, 0) is 25.5 Å². The van der Waals surface area contributed by atoms with E-state index in [1.54, 1.807) is 0 Å². The molecular weight excluding hydrogens is 624 g/mol. The fourth-order valence-electron chi connectivity index (χ4n) is 4.47. The first kappa shape index (κ1) is 33.4. The standard InChI is InChI=1S/C31H23F10NO3/c32-27-12-11-23(30(36,37)38)14-21(27)16-42(28(17-43)20-7-9-22(10-8-20)29(33,34)35)24-4-2-5-25(15-24)44-18-19-3-1-6-26(13-19)45-31(39,40)41/h1-15,28,43H,16-18H2. The minimum absolute atomic E-state index is 0.133. The number of alkyl halides is 9. The lowest BCUT2D eigenvalue weighted by Gasteiger charge is -2.34. The molecule has 1 unspecified atom stereocenters. The zero-order valence-corrected chi connectivity index (χ0v) is 22.8. The Hall–Kier alpha value is -4.46. The van der Waals surface area contributed by atoms with Gasteiger partial charge < -0.3 is 19.5 Å². The number of anilines is 1. The Bertz CT molecular complexity index is 1580. The summed E-state index contributed by atoms with van der Waals surface area (Å²) in [6, 6.07) is 15.1. The predicted molar refractivity (Wildman–Crippen MR) is 143 cm³/mol. The van der Waals surface area contributed by atoms with E-state index in [1.807, 2.05) is 0 Å². The van der Waals surface area contributed by atoms with Crippen molar-refractivity contribution in [2.24, 2.45) is 0 Å². The molecule has 14 heteroatoms. The highest BCUT2D eigenvalue weighted by atomic mass is 19.4. The van der Waals surface area contributed by atoms with Crippen LogP contribution in [0, 0.1) is 5.82 Å². The summed E-state index contributed by atoms with van der Waals surface area (Å²) in [5.74, 6) is -1.34. The Kier molecular flexibility index (Phi) is 9.86. The van der Waals surface area contributed by atoms with Crippen molar-refractivity contribution in [1.29, 1.82) is 0 Å². The van der Waals surface area contributed by atoms with E-state index in [1.165, 1.54) is 41.3 Å². The minimum atomic E-state index is -4.91. The third-order valence-electron chi connectivity index (χ3n) is 6.57. The van der Waals surface area contributed by atoms with Gasteiger partial charge in [0.1, 0.15) is 23.9 Å². The molecule has 45 heavy (non-hydrogen) atoms. The molecule has 0 radical (unpaired) electrons. The number of benzene rings is 4. The first-order valence-corrected chi connectivity index (χ1v) is 13.0. The molecule has 0 bridgehead atoms.